The Labute approximate surface area is 224 Å². The minimum absolute atomic E-state index is 0.0381. The largest absolute Gasteiger partial charge is 0.444 e. The fourth-order valence-corrected chi connectivity index (χ4v) is 4.41. The second-order valence-corrected chi connectivity index (χ2v) is 10.4. The van der Waals surface area contributed by atoms with E-state index >= 15 is 0 Å². The lowest BCUT2D eigenvalue weighted by atomic mass is 9.87. The molecule has 0 radical (unpaired) electrons. The third-order valence-corrected chi connectivity index (χ3v) is 6.51. The number of nitrogens with zero attached hydrogens (tertiary/aromatic N) is 1. The summed E-state index contributed by atoms with van der Waals surface area (Å²) in [6, 6.07) is 14.5. The number of thiol groups is 1. The van der Waals surface area contributed by atoms with Crippen LogP contribution in [0.15, 0.2) is 54.6 Å². The van der Waals surface area contributed by atoms with Crippen LogP contribution < -0.4 is 10.6 Å². The summed E-state index contributed by atoms with van der Waals surface area (Å²) in [6.45, 7) is 5.53. The highest BCUT2D eigenvalue weighted by Gasteiger charge is 2.42. The monoisotopic (exact) mass is 521 g/mol. The molecule has 3 rings (SSSR count). The molecule has 2 aromatic rings. The van der Waals surface area contributed by atoms with Crippen molar-refractivity contribution in [2.45, 2.75) is 70.3 Å². The topological polar surface area (TPSA) is 87.7 Å². The molecule has 37 heavy (non-hydrogen) atoms. The molecule has 0 saturated heterocycles. The van der Waals surface area contributed by atoms with Crippen LogP contribution in [-0.2, 0) is 20.9 Å². The van der Waals surface area contributed by atoms with Crippen LogP contribution in [0.5, 0.6) is 0 Å². The van der Waals surface area contributed by atoms with E-state index in [4.69, 9.17) is 11.2 Å². The maximum absolute atomic E-state index is 14.0. The van der Waals surface area contributed by atoms with Crippen LogP contribution in [0, 0.1) is 12.3 Å². The fourth-order valence-electron chi connectivity index (χ4n) is 4.16. The number of alkyl carbamates (subject to hydrolysis) is 1. The molecule has 2 unspecified atom stereocenters. The van der Waals surface area contributed by atoms with Crippen molar-refractivity contribution in [1.29, 1.82) is 0 Å². The van der Waals surface area contributed by atoms with Gasteiger partial charge in [0.15, 0.2) is 0 Å². The van der Waals surface area contributed by atoms with Gasteiger partial charge in [-0.3, -0.25) is 9.59 Å². The van der Waals surface area contributed by atoms with Gasteiger partial charge in [0.2, 0.25) is 11.8 Å². The SMILES string of the molecule is C#Cc1ccccc1C(C(=O)NCc1ccccc1)N(C(=O)C(CS)NC(=O)OC(C)(C)C)C1CCC1. The maximum atomic E-state index is 14.0. The standard InChI is InChI=1S/C29H35N3O4S/c1-5-21-14-9-10-17-23(21)25(26(33)30-18-20-12-7-6-8-13-20)32(22-15-11-16-22)27(34)24(19-37)31-28(35)36-29(2,3)4/h1,6-10,12-14,17,22,24-25,37H,11,15-16,18-19H2,2-4H3,(H,30,33)(H,31,35). The van der Waals surface area contributed by atoms with Crippen LogP contribution in [-0.4, -0.2) is 46.2 Å². The summed E-state index contributed by atoms with van der Waals surface area (Å²) < 4.78 is 5.36. The summed E-state index contributed by atoms with van der Waals surface area (Å²) in [6.07, 6.45) is 7.51. The van der Waals surface area contributed by atoms with Gasteiger partial charge in [0, 0.05) is 23.9 Å². The number of benzene rings is 2. The van der Waals surface area contributed by atoms with Crippen molar-refractivity contribution in [3.8, 4) is 12.3 Å². The molecule has 1 fully saturated rings. The molecule has 1 aliphatic carbocycles. The molecule has 0 aliphatic heterocycles. The zero-order chi connectivity index (χ0) is 27.0. The molecular formula is C29H35N3O4S. The van der Waals surface area contributed by atoms with Gasteiger partial charge < -0.3 is 20.3 Å². The lowest BCUT2D eigenvalue weighted by Gasteiger charge is -2.43. The third-order valence-electron chi connectivity index (χ3n) is 6.14. The van der Waals surface area contributed by atoms with Crippen LogP contribution in [0.2, 0.25) is 0 Å². The van der Waals surface area contributed by atoms with Crippen molar-refractivity contribution in [2.75, 3.05) is 5.75 Å². The number of hydrogen-bond acceptors (Lipinski definition) is 5. The second kappa shape index (κ2) is 12.7. The first kappa shape index (κ1) is 28.1. The highest BCUT2D eigenvalue weighted by Crippen LogP contribution is 2.35. The summed E-state index contributed by atoms with van der Waals surface area (Å²) in [5.74, 6) is 1.94. The van der Waals surface area contributed by atoms with Gasteiger partial charge >= 0.3 is 6.09 Å². The Balaban J connectivity index is 1.97. The molecule has 2 atom stereocenters. The Kier molecular flexibility index (Phi) is 9.65. The summed E-state index contributed by atoms with van der Waals surface area (Å²) in [5, 5.41) is 5.62. The quantitative estimate of drug-likeness (QED) is 0.341. The summed E-state index contributed by atoms with van der Waals surface area (Å²) in [7, 11) is 0. The Morgan fingerprint density at radius 2 is 1.76 bits per heavy atom. The van der Waals surface area contributed by atoms with Gasteiger partial charge in [-0.1, -0.05) is 54.5 Å². The van der Waals surface area contributed by atoms with Crippen LogP contribution in [0.25, 0.3) is 0 Å². The second-order valence-electron chi connectivity index (χ2n) is 10.0. The lowest BCUT2D eigenvalue weighted by molar-refractivity contribution is -0.147. The van der Waals surface area contributed by atoms with E-state index in [2.05, 4.69) is 29.2 Å². The first-order chi connectivity index (χ1) is 17.6. The van der Waals surface area contributed by atoms with E-state index < -0.39 is 29.7 Å². The molecule has 2 aromatic carbocycles. The van der Waals surface area contributed by atoms with Crippen LogP contribution in [0.3, 0.4) is 0 Å². The minimum Gasteiger partial charge on any atom is -0.444 e. The molecule has 3 amide bonds. The molecule has 0 heterocycles. The molecule has 0 bridgehead atoms. The van der Waals surface area contributed by atoms with Crippen LogP contribution >= 0.6 is 12.6 Å². The van der Waals surface area contributed by atoms with Crippen LogP contribution in [0.1, 0.15) is 62.8 Å². The number of rotatable bonds is 9. The molecular weight excluding hydrogens is 486 g/mol. The van der Waals surface area contributed by atoms with Gasteiger partial charge in [-0.15, -0.1) is 6.42 Å². The summed E-state index contributed by atoms with van der Waals surface area (Å²) in [5.41, 5.74) is 1.29. The van der Waals surface area contributed by atoms with Gasteiger partial charge in [0.1, 0.15) is 17.7 Å². The average Bonchev–Trinajstić information content (AvgIpc) is 2.84. The molecule has 2 N–H and O–H groups in total. The average molecular weight is 522 g/mol. The predicted molar refractivity (Wildman–Crippen MR) is 147 cm³/mol. The van der Waals surface area contributed by atoms with E-state index in [1.165, 1.54) is 0 Å². The lowest BCUT2D eigenvalue weighted by Crippen LogP contribution is -2.58. The Morgan fingerprint density at radius 3 is 2.32 bits per heavy atom. The number of nitrogens with one attached hydrogen (secondary N) is 2. The zero-order valence-corrected chi connectivity index (χ0v) is 22.5. The number of hydrogen-bond donors (Lipinski definition) is 3. The van der Waals surface area contributed by atoms with E-state index in [9.17, 15) is 14.4 Å². The first-order valence-electron chi connectivity index (χ1n) is 12.4. The number of carbonyl (C=O) groups is 3. The third kappa shape index (κ3) is 7.53. The number of amides is 3. The zero-order valence-electron chi connectivity index (χ0n) is 21.6. The number of ether oxygens (including phenoxy) is 1. The van der Waals surface area contributed by atoms with Crippen molar-refractivity contribution in [2.24, 2.45) is 0 Å². The van der Waals surface area contributed by atoms with Gasteiger partial charge in [0.05, 0.1) is 0 Å². The number of carbonyl (C=O) groups excluding carboxylic acids is 3. The molecule has 0 aromatic heterocycles. The normalized spacial score (nSPS) is 14.9. The molecule has 196 valence electrons. The van der Waals surface area contributed by atoms with E-state index in [1.54, 1.807) is 49.9 Å². The van der Waals surface area contributed by atoms with Crippen molar-refractivity contribution < 1.29 is 19.1 Å². The van der Waals surface area contributed by atoms with E-state index in [0.29, 0.717) is 17.7 Å². The summed E-state index contributed by atoms with van der Waals surface area (Å²) >= 11 is 4.34. The Bertz CT molecular complexity index is 1140. The van der Waals surface area contributed by atoms with E-state index in [1.807, 2.05) is 30.3 Å². The highest BCUT2D eigenvalue weighted by molar-refractivity contribution is 7.80. The smallest absolute Gasteiger partial charge is 0.408 e. The maximum Gasteiger partial charge on any atom is 0.408 e. The van der Waals surface area contributed by atoms with E-state index in [0.717, 1.165) is 24.8 Å². The predicted octanol–water partition coefficient (Wildman–Crippen LogP) is 4.23. The Morgan fingerprint density at radius 1 is 1.11 bits per heavy atom. The molecule has 1 aliphatic rings. The van der Waals surface area contributed by atoms with Gasteiger partial charge in [-0.25, -0.2) is 4.79 Å². The molecule has 0 spiro atoms. The van der Waals surface area contributed by atoms with Crippen molar-refractivity contribution in [1.82, 2.24) is 15.5 Å². The van der Waals surface area contributed by atoms with E-state index in [-0.39, 0.29) is 17.7 Å². The fraction of sp³-hybridized carbons (Fsp3) is 0.414. The van der Waals surface area contributed by atoms with Gasteiger partial charge in [-0.2, -0.15) is 12.6 Å². The van der Waals surface area contributed by atoms with Crippen molar-refractivity contribution >= 4 is 30.5 Å². The minimum atomic E-state index is -0.985. The molecule has 7 nitrogen and oxygen atoms in total. The van der Waals surface area contributed by atoms with Gasteiger partial charge in [-0.05, 0) is 57.2 Å². The van der Waals surface area contributed by atoms with Crippen molar-refractivity contribution in [3.05, 3.63) is 71.3 Å². The number of terminal acetylenes is 1. The molecule has 8 heteroatoms. The molecule has 1 saturated carbocycles. The summed E-state index contributed by atoms with van der Waals surface area (Å²) in [4.78, 5) is 41.8. The van der Waals surface area contributed by atoms with Gasteiger partial charge in [0.25, 0.3) is 0 Å². The van der Waals surface area contributed by atoms with Crippen LogP contribution in [0.4, 0.5) is 4.79 Å². The van der Waals surface area contributed by atoms with Crippen molar-refractivity contribution in [3.63, 3.8) is 0 Å². The Hall–Kier alpha value is -3.44. The highest BCUT2D eigenvalue weighted by atomic mass is 32.1. The first-order valence-corrected chi connectivity index (χ1v) is 13.1.